The number of fused-ring (bicyclic) bond motifs is 1. The molecule has 1 amide bonds. The molecule has 2 aliphatic rings. The zero-order valence-electron chi connectivity index (χ0n) is 20.2. The van der Waals surface area contributed by atoms with Crippen LogP contribution in [-0.2, 0) is 10.5 Å². The standard InChI is InChI=1S/C26H28N2O6S/c1-5-10-34-21-8-6-16(11-22(21)32-3)18-13-24(29)28-25(19(18)14-27)35-15-26(28,30)17-7-9-20(31-2)23(12-17)33-4/h6-9,11-12,18,30H,5,10,13,15H2,1-4H3/t18-,26-/m1/s1. The van der Waals surface area contributed by atoms with Gasteiger partial charge in [0.25, 0.3) is 0 Å². The molecular weight excluding hydrogens is 468 g/mol. The lowest BCUT2D eigenvalue weighted by Crippen LogP contribution is -2.48. The van der Waals surface area contributed by atoms with Crippen molar-refractivity contribution in [2.45, 2.75) is 31.4 Å². The van der Waals surface area contributed by atoms with Crippen LogP contribution in [0.25, 0.3) is 0 Å². The zero-order chi connectivity index (χ0) is 25.2. The topological polar surface area (TPSA) is 101 Å². The number of thioether (sulfide) groups is 1. The highest BCUT2D eigenvalue weighted by molar-refractivity contribution is 8.03. The Balaban J connectivity index is 1.74. The Hall–Kier alpha value is -3.35. The number of carbonyl (C=O) groups is 1. The molecule has 184 valence electrons. The van der Waals surface area contributed by atoms with Crippen molar-refractivity contribution in [3.8, 4) is 29.1 Å². The number of aliphatic hydroxyl groups is 1. The molecule has 2 aromatic rings. The van der Waals surface area contributed by atoms with Crippen LogP contribution in [0.5, 0.6) is 23.0 Å². The van der Waals surface area contributed by atoms with Gasteiger partial charge in [-0.1, -0.05) is 19.1 Å². The van der Waals surface area contributed by atoms with E-state index in [1.54, 1.807) is 25.3 Å². The van der Waals surface area contributed by atoms with Crippen LogP contribution in [-0.4, -0.2) is 49.6 Å². The number of methoxy groups -OCH3 is 3. The van der Waals surface area contributed by atoms with Gasteiger partial charge in [0.15, 0.2) is 28.7 Å². The van der Waals surface area contributed by atoms with Gasteiger partial charge in [-0.15, -0.1) is 11.8 Å². The van der Waals surface area contributed by atoms with E-state index in [1.807, 2.05) is 25.1 Å². The van der Waals surface area contributed by atoms with Crippen LogP contribution >= 0.6 is 11.8 Å². The Kier molecular flexibility index (Phi) is 7.15. The number of hydrogen-bond acceptors (Lipinski definition) is 8. The summed E-state index contributed by atoms with van der Waals surface area (Å²) >= 11 is 1.29. The number of allylic oxidation sites excluding steroid dienone is 1. The summed E-state index contributed by atoms with van der Waals surface area (Å²) in [4.78, 5) is 14.8. The smallest absolute Gasteiger partial charge is 0.231 e. The molecular formula is C26H28N2O6S. The first-order chi connectivity index (χ1) is 16.9. The summed E-state index contributed by atoms with van der Waals surface area (Å²) in [7, 11) is 4.60. The Morgan fingerprint density at radius 1 is 1.09 bits per heavy atom. The maximum Gasteiger partial charge on any atom is 0.231 e. The molecule has 0 spiro atoms. The molecule has 1 fully saturated rings. The molecule has 4 rings (SSSR count). The van der Waals surface area contributed by atoms with Gasteiger partial charge >= 0.3 is 0 Å². The van der Waals surface area contributed by atoms with Crippen molar-refractivity contribution in [2.24, 2.45) is 0 Å². The Morgan fingerprint density at radius 2 is 1.77 bits per heavy atom. The van der Waals surface area contributed by atoms with Crippen molar-refractivity contribution in [1.82, 2.24) is 4.90 Å². The third-order valence-electron chi connectivity index (χ3n) is 6.21. The van der Waals surface area contributed by atoms with E-state index in [9.17, 15) is 15.2 Å². The summed E-state index contributed by atoms with van der Waals surface area (Å²) in [6, 6.07) is 12.8. The molecule has 0 saturated carbocycles. The summed E-state index contributed by atoms with van der Waals surface area (Å²) in [6.45, 7) is 2.58. The molecule has 2 atom stereocenters. The number of carbonyl (C=O) groups excluding carboxylic acids is 1. The predicted octanol–water partition coefficient (Wildman–Crippen LogP) is 4.14. The zero-order valence-corrected chi connectivity index (χ0v) is 21.0. The van der Waals surface area contributed by atoms with E-state index in [-0.39, 0.29) is 18.1 Å². The van der Waals surface area contributed by atoms with Gasteiger partial charge < -0.3 is 24.1 Å². The average molecular weight is 497 g/mol. The quantitative estimate of drug-likeness (QED) is 0.582. The van der Waals surface area contributed by atoms with Gasteiger partial charge in [-0.3, -0.25) is 9.69 Å². The maximum absolute atomic E-state index is 13.4. The number of hydrogen-bond donors (Lipinski definition) is 1. The Bertz CT molecular complexity index is 1210. The Labute approximate surface area is 209 Å². The second-order valence-corrected chi connectivity index (χ2v) is 9.21. The van der Waals surface area contributed by atoms with E-state index in [2.05, 4.69) is 6.07 Å². The second-order valence-electron chi connectivity index (χ2n) is 8.25. The molecule has 1 saturated heterocycles. The lowest BCUT2D eigenvalue weighted by molar-refractivity contribution is -0.149. The van der Waals surface area contributed by atoms with Crippen molar-refractivity contribution in [2.75, 3.05) is 33.7 Å². The van der Waals surface area contributed by atoms with Crippen molar-refractivity contribution in [3.05, 3.63) is 58.1 Å². The van der Waals surface area contributed by atoms with Crippen LogP contribution < -0.4 is 18.9 Å². The van der Waals surface area contributed by atoms with E-state index in [1.165, 1.54) is 30.9 Å². The summed E-state index contributed by atoms with van der Waals surface area (Å²) in [6.07, 6.45) is 0.906. The molecule has 0 bridgehead atoms. The van der Waals surface area contributed by atoms with Gasteiger partial charge in [0.05, 0.1) is 50.4 Å². The van der Waals surface area contributed by atoms with Gasteiger partial charge in [0.1, 0.15) is 0 Å². The molecule has 1 N–H and O–H groups in total. The number of amides is 1. The predicted molar refractivity (Wildman–Crippen MR) is 132 cm³/mol. The van der Waals surface area contributed by atoms with E-state index in [0.29, 0.717) is 45.8 Å². The third-order valence-corrected chi connectivity index (χ3v) is 7.43. The van der Waals surface area contributed by atoms with Crippen LogP contribution in [0.3, 0.4) is 0 Å². The fraction of sp³-hybridized carbons (Fsp3) is 0.385. The van der Waals surface area contributed by atoms with Gasteiger partial charge in [-0.05, 0) is 36.2 Å². The van der Waals surface area contributed by atoms with Crippen LogP contribution in [0.2, 0.25) is 0 Å². The van der Waals surface area contributed by atoms with Crippen molar-refractivity contribution in [1.29, 1.82) is 5.26 Å². The normalized spacial score (nSPS) is 21.4. The SMILES string of the molecule is CCCOc1ccc([C@H]2CC(=O)N3C(=C2C#N)SC[C@@]3(O)c2ccc(OC)c(OC)c2)cc1OC. The van der Waals surface area contributed by atoms with E-state index in [4.69, 9.17) is 18.9 Å². The molecule has 0 aromatic heterocycles. The van der Waals surface area contributed by atoms with Crippen LogP contribution in [0.1, 0.15) is 36.8 Å². The minimum atomic E-state index is -1.61. The molecule has 2 aliphatic heterocycles. The maximum atomic E-state index is 13.4. The van der Waals surface area contributed by atoms with Crippen molar-refractivity contribution in [3.63, 3.8) is 0 Å². The molecule has 8 nitrogen and oxygen atoms in total. The van der Waals surface area contributed by atoms with E-state index in [0.717, 1.165) is 12.0 Å². The van der Waals surface area contributed by atoms with Gasteiger partial charge in [-0.2, -0.15) is 5.26 Å². The van der Waals surface area contributed by atoms with Crippen LogP contribution in [0.4, 0.5) is 0 Å². The number of benzene rings is 2. The van der Waals surface area contributed by atoms with Crippen molar-refractivity contribution >= 4 is 17.7 Å². The monoisotopic (exact) mass is 496 g/mol. The molecule has 9 heteroatoms. The fourth-order valence-electron chi connectivity index (χ4n) is 4.44. The number of nitrogens with zero attached hydrogens (tertiary/aromatic N) is 2. The number of nitriles is 1. The highest BCUT2D eigenvalue weighted by Gasteiger charge is 2.52. The van der Waals surface area contributed by atoms with E-state index >= 15 is 0 Å². The lowest BCUT2D eigenvalue weighted by atomic mass is 9.85. The van der Waals surface area contributed by atoms with Gasteiger partial charge in [-0.25, -0.2) is 0 Å². The average Bonchev–Trinajstić information content (AvgIpc) is 3.25. The first-order valence-corrected chi connectivity index (χ1v) is 12.3. The number of rotatable bonds is 8. The Morgan fingerprint density at radius 3 is 2.43 bits per heavy atom. The summed E-state index contributed by atoms with van der Waals surface area (Å²) in [5.74, 6) is 1.60. The minimum absolute atomic E-state index is 0.0425. The molecule has 2 heterocycles. The second kappa shape index (κ2) is 10.1. The van der Waals surface area contributed by atoms with E-state index < -0.39 is 11.6 Å². The minimum Gasteiger partial charge on any atom is -0.493 e. The van der Waals surface area contributed by atoms with Gasteiger partial charge in [0, 0.05) is 17.9 Å². The third kappa shape index (κ3) is 4.28. The fourth-order valence-corrected chi connectivity index (χ4v) is 5.80. The number of ether oxygens (including phenoxy) is 4. The molecule has 0 aliphatic carbocycles. The summed E-state index contributed by atoms with van der Waals surface area (Å²) in [5.41, 5.74) is 0.0974. The van der Waals surface area contributed by atoms with Crippen LogP contribution in [0.15, 0.2) is 47.0 Å². The first kappa shape index (κ1) is 24.8. The molecule has 0 radical (unpaired) electrons. The lowest BCUT2D eigenvalue weighted by Gasteiger charge is -2.38. The molecule has 0 unspecified atom stereocenters. The summed E-state index contributed by atoms with van der Waals surface area (Å²) < 4.78 is 21.9. The van der Waals surface area contributed by atoms with Crippen LogP contribution in [0, 0.1) is 11.3 Å². The highest BCUT2D eigenvalue weighted by atomic mass is 32.2. The highest BCUT2D eigenvalue weighted by Crippen LogP contribution is 2.52. The van der Waals surface area contributed by atoms with Crippen molar-refractivity contribution < 1.29 is 28.8 Å². The summed E-state index contributed by atoms with van der Waals surface area (Å²) in [5, 5.41) is 22.3. The molecule has 35 heavy (non-hydrogen) atoms. The molecule has 2 aromatic carbocycles. The largest absolute Gasteiger partial charge is 0.493 e. The van der Waals surface area contributed by atoms with Gasteiger partial charge in [0.2, 0.25) is 5.91 Å². The first-order valence-electron chi connectivity index (χ1n) is 11.3.